The first-order valence-electron chi connectivity index (χ1n) is 6.93. The molecule has 10 nitrogen and oxygen atoms in total. The Labute approximate surface area is 126 Å². The highest BCUT2D eigenvalue weighted by Crippen LogP contribution is 2.28. The predicted molar refractivity (Wildman–Crippen MR) is 67.2 cm³/mol. The quantitative estimate of drug-likeness (QED) is 0.269. The highest BCUT2D eigenvalue weighted by molar-refractivity contribution is 4.92. The fraction of sp³-hybridized carbons (Fsp3) is 1.00. The molecule has 0 aromatic rings. The van der Waals surface area contributed by atoms with Gasteiger partial charge in [0, 0.05) is 0 Å². The van der Waals surface area contributed by atoms with Crippen molar-refractivity contribution in [2.45, 2.75) is 68.3 Å². The zero-order chi connectivity index (χ0) is 16.6. The van der Waals surface area contributed by atoms with Gasteiger partial charge in [-0.25, -0.2) is 0 Å². The lowest BCUT2D eigenvalue weighted by Gasteiger charge is -2.44. The summed E-state index contributed by atoms with van der Waals surface area (Å²) in [6.45, 7) is 0.812. The van der Waals surface area contributed by atoms with Crippen LogP contribution in [0.1, 0.15) is 6.92 Å². The molecule has 2 rings (SSSR count). The molecule has 2 saturated heterocycles. The molecule has 2 aliphatic rings. The fourth-order valence-corrected chi connectivity index (χ4v) is 2.51. The van der Waals surface area contributed by atoms with Gasteiger partial charge in [-0.15, -0.1) is 0 Å². The van der Waals surface area contributed by atoms with Crippen LogP contribution in [0.15, 0.2) is 0 Å². The van der Waals surface area contributed by atoms with Gasteiger partial charge in [-0.1, -0.05) is 0 Å². The first-order chi connectivity index (χ1) is 10.3. The summed E-state index contributed by atoms with van der Waals surface area (Å²) < 4.78 is 15.3. The molecule has 2 heterocycles. The number of ether oxygens (including phenoxy) is 3. The van der Waals surface area contributed by atoms with Crippen molar-refractivity contribution >= 4 is 0 Å². The van der Waals surface area contributed by atoms with Crippen molar-refractivity contribution in [1.82, 2.24) is 0 Å². The van der Waals surface area contributed by atoms with Crippen molar-refractivity contribution in [3.05, 3.63) is 0 Å². The van der Waals surface area contributed by atoms with Gasteiger partial charge in [-0.2, -0.15) is 0 Å². The van der Waals surface area contributed by atoms with E-state index in [1.165, 1.54) is 6.92 Å². The molecule has 0 amide bonds. The molecule has 0 saturated carbocycles. The Hall–Kier alpha value is -0.400. The van der Waals surface area contributed by atoms with Crippen LogP contribution in [0.25, 0.3) is 0 Å². The van der Waals surface area contributed by atoms with E-state index in [1.54, 1.807) is 0 Å². The molecular weight excluding hydrogens is 304 g/mol. The van der Waals surface area contributed by atoms with Crippen molar-refractivity contribution in [2.24, 2.45) is 0 Å². The lowest BCUT2D eigenvalue weighted by Crippen LogP contribution is -2.63. The number of aliphatic hydroxyl groups is 7. The zero-order valence-electron chi connectivity index (χ0n) is 11.8. The molecule has 0 bridgehead atoms. The molecule has 0 aromatic heterocycles. The number of hydrogen-bond donors (Lipinski definition) is 7. The van der Waals surface area contributed by atoms with Crippen LogP contribution in [0.3, 0.4) is 0 Å². The fourth-order valence-electron chi connectivity index (χ4n) is 2.51. The Morgan fingerprint density at radius 3 is 2.05 bits per heavy atom. The minimum Gasteiger partial charge on any atom is -0.394 e. The lowest BCUT2D eigenvalue weighted by molar-refractivity contribution is -0.353. The summed E-state index contributed by atoms with van der Waals surface area (Å²) in [5.41, 5.74) is 0. The van der Waals surface area contributed by atoms with Crippen molar-refractivity contribution in [1.29, 1.82) is 0 Å². The Kier molecular flexibility index (Phi) is 5.72. The molecular formula is C12H22O10. The Balaban J connectivity index is 2.10. The van der Waals surface area contributed by atoms with Crippen molar-refractivity contribution in [3.63, 3.8) is 0 Å². The van der Waals surface area contributed by atoms with Gasteiger partial charge in [0.1, 0.15) is 42.7 Å². The van der Waals surface area contributed by atoms with Crippen LogP contribution in [0.4, 0.5) is 0 Å². The third kappa shape index (κ3) is 3.26. The van der Waals surface area contributed by atoms with E-state index in [9.17, 15) is 30.6 Å². The van der Waals surface area contributed by atoms with E-state index < -0.39 is 68.0 Å². The van der Waals surface area contributed by atoms with Crippen molar-refractivity contribution < 1.29 is 50.0 Å². The van der Waals surface area contributed by atoms with E-state index in [2.05, 4.69) is 0 Å². The molecule has 0 aromatic carbocycles. The second kappa shape index (κ2) is 7.01. The third-order valence-corrected chi connectivity index (χ3v) is 3.94. The first kappa shape index (κ1) is 17.9. The Bertz CT molecular complexity index is 352. The van der Waals surface area contributed by atoms with Crippen LogP contribution in [-0.4, -0.2) is 104 Å². The van der Waals surface area contributed by atoms with E-state index in [0.29, 0.717) is 0 Å². The van der Waals surface area contributed by atoms with Crippen molar-refractivity contribution in [2.75, 3.05) is 6.61 Å². The van der Waals surface area contributed by atoms with Crippen LogP contribution in [-0.2, 0) is 14.2 Å². The average molecular weight is 326 g/mol. The average Bonchev–Trinajstić information content (AvgIpc) is 2.49. The molecule has 2 aliphatic heterocycles. The highest BCUT2D eigenvalue weighted by Gasteiger charge is 2.49. The van der Waals surface area contributed by atoms with Gasteiger partial charge in [-0.3, -0.25) is 0 Å². The molecule has 0 spiro atoms. The van der Waals surface area contributed by atoms with Gasteiger partial charge in [-0.05, 0) is 6.92 Å². The van der Waals surface area contributed by atoms with E-state index in [0.717, 1.165) is 0 Å². The van der Waals surface area contributed by atoms with E-state index in [1.807, 2.05) is 0 Å². The molecule has 0 radical (unpaired) electrons. The highest BCUT2D eigenvalue weighted by atomic mass is 16.7. The maximum Gasteiger partial charge on any atom is 0.187 e. The molecule has 2 fully saturated rings. The minimum atomic E-state index is -1.67. The van der Waals surface area contributed by atoms with Crippen LogP contribution in [0.2, 0.25) is 0 Å². The summed E-state index contributed by atoms with van der Waals surface area (Å²) in [5.74, 6) is 0. The normalized spacial score (nSPS) is 53.5. The smallest absolute Gasteiger partial charge is 0.187 e. The van der Waals surface area contributed by atoms with Gasteiger partial charge < -0.3 is 50.0 Å². The SMILES string of the molecule is C[C@@H]1O[C@@H](O)[C@H](O)[C@H](O[C@@H]2O[C@H](CO)[C@@H](O)[C@H](O)[C@@H]2O)[C@H]1O. The maximum atomic E-state index is 9.96. The van der Waals surface area contributed by atoms with Crippen LogP contribution in [0.5, 0.6) is 0 Å². The van der Waals surface area contributed by atoms with Gasteiger partial charge in [0.2, 0.25) is 0 Å². The number of rotatable bonds is 3. The molecule has 7 N–H and O–H groups in total. The van der Waals surface area contributed by atoms with Gasteiger partial charge in [0.15, 0.2) is 12.6 Å². The van der Waals surface area contributed by atoms with Crippen LogP contribution < -0.4 is 0 Å². The van der Waals surface area contributed by atoms with E-state index >= 15 is 0 Å². The monoisotopic (exact) mass is 326 g/mol. The molecule has 10 atom stereocenters. The largest absolute Gasteiger partial charge is 0.394 e. The zero-order valence-corrected chi connectivity index (χ0v) is 11.8. The number of hydrogen-bond acceptors (Lipinski definition) is 10. The summed E-state index contributed by atoms with van der Waals surface area (Å²) in [6, 6.07) is 0. The van der Waals surface area contributed by atoms with Gasteiger partial charge >= 0.3 is 0 Å². The summed E-state index contributed by atoms with van der Waals surface area (Å²) in [6.07, 6.45) is -14.3. The van der Waals surface area contributed by atoms with Gasteiger partial charge in [0.25, 0.3) is 0 Å². The first-order valence-corrected chi connectivity index (χ1v) is 6.93. The summed E-state index contributed by atoms with van der Waals surface area (Å²) in [4.78, 5) is 0. The Morgan fingerprint density at radius 1 is 0.818 bits per heavy atom. The summed E-state index contributed by atoms with van der Waals surface area (Å²) in [7, 11) is 0. The summed E-state index contributed by atoms with van der Waals surface area (Å²) in [5, 5.41) is 67.6. The third-order valence-electron chi connectivity index (χ3n) is 3.94. The second-order valence-electron chi connectivity index (χ2n) is 5.51. The number of aliphatic hydroxyl groups excluding tert-OH is 7. The second-order valence-corrected chi connectivity index (χ2v) is 5.51. The van der Waals surface area contributed by atoms with E-state index in [4.69, 9.17) is 19.3 Å². The standard InChI is InChI=1S/C12H22O10/c1-3-5(14)10(9(18)11(19)20-3)22-12-8(17)7(16)6(15)4(2-13)21-12/h3-19H,2H2,1H3/t3-,4+,5-,6+,7-,8-,9+,10+,11+,12-/m0/s1. The molecule has 0 unspecified atom stereocenters. The molecule has 10 heteroatoms. The van der Waals surface area contributed by atoms with E-state index in [-0.39, 0.29) is 0 Å². The topological polar surface area (TPSA) is 169 Å². The molecule has 0 aliphatic carbocycles. The Morgan fingerprint density at radius 2 is 1.45 bits per heavy atom. The van der Waals surface area contributed by atoms with Crippen molar-refractivity contribution in [3.8, 4) is 0 Å². The molecule has 130 valence electrons. The van der Waals surface area contributed by atoms with Crippen LogP contribution in [0, 0.1) is 0 Å². The predicted octanol–water partition coefficient (Wildman–Crippen LogP) is -4.37. The van der Waals surface area contributed by atoms with Gasteiger partial charge in [0.05, 0.1) is 12.7 Å². The summed E-state index contributed by atoms with van der Waals surface area (Å²) >= 11 is 0. The minimum absolute atomic E-state index is 0.636. The lowest BCUT2D eigenvalue weighted by atomic mass is 9.97. The molecule has 22 heavy (non-hydrogen) atoms. The van der Waals surface area contributed by atoms with Crippen LogP contribution >= 0.6 is 0 Å². The maximum absolute atomic E-state index is 9.96.